The second-order valence-corrected chi connectivity index (χ2v) is 13.3. The molecule has 0 aromatic carbocycles. The zero-order valence-corrected chi connectivity index (χ0v) is 21.5. The quantitative estimate of drug-likeness (QED) is 0.376. The second kappa shape index (κ2) is 8.59. The van der Waals surface area contributed by atoms with Crippen molar-refractivity contribution in [1.82, 2.24) is 0 Å². The molecule has 9 atom stereocenters. The van der Waals surface area contributed by atoms with Crippen molar-refractivity contribution in [3.05, 3.63) is 11.6 Å². The van der Waals surface area contributed by atoms with Gasteiger partial charge in [-0.3, -0.25) is 0 Å². The molecule has 0 aliphatic heterocycles. The van der Waals surface area contributed by atoms with Crippen LogP contribution in [0.2, 0.25) is 0 Å². The number of allylic oxidation sites excluding steroid dienone is 2. The average molecular weight is 419 g/mol. The van der Waals surface area contributed by atoms with E-state index in [9.17, 15) is 0 Å². The molecular formula is C30H58. The van der Waals surface area contributed by atoms with E-state index in [0.29, 0.717) is 10.8 Å². The topological polar surface area (TPSA) is 0 Å². The Morgan fingerprint density at radius 3 is 2.47 bits per heavy atom. The Labute approximate surface area is 193 Å². The van der Waals surface area contributed by atoms with Gasteiger partial charge in [-0.2, -0.15) is 0 Å². The van der Waals surface area contributed by atoms with Crippen molar-refractivity contribution < 1.29 is 4.28 Å². The summed E-state index contributed by atoms with van der Waals surface area (Å²) in [4.78, 5) is 0. The molecule has 4 aliphatic carbocycles. The summed E-state index contributed by atoms with van der Waals surface area (Å²) in [6.45, 7) is 17.8. The Hall–Kier alpha value is -0.260. The number of fused-ring (bicyclic) bond motifs is 5. The summed E-state index contributed by atoms with van der Waals surface area (Å²) < 4.78 is 0. The maximum Gasteiger partial charge on any atom is 0 e. The van der Waals surface area contributed by atoms with Gasteiger partial charge in [0.1, 0.15) is 0 Å². The van der Waals surface area contributed by atoms with Gasteiger partial charge >= 0.3 is 0 Å². The Kier molecular flexibility index (Phi) is 6.56. The summed E-state index contributed by atoms with van der Waals surface area (Å²) >= 11 is 0. The molecule has 0 aromatic rings. The minimum atomic E-state index is 0. The highest BCUT2D eigenvalue weighted by Crippen LogP contribution is 2.67. The lowest BCUT2D eigenvalue weighted by molar-refractivity contribution is -0.0525. The maximum atomic E-state index is 2.76. The minimum Gasteiger partial charge on any atom is -0.0845 e. The van der Waals surface area contributed by atoms with Gasteiger partial charge in [0.25, 0.3) is 0 Å². The van der Waals surface area contributed by atoms with Crippen molar-refractivity contribution in [2.75, 3.05) is 0 Å². The summed E-state index contributed by atoms with van der Waals surface area (Å²) in [7, 11) is 0. The van der Waals surface area contributed by atoms with E-state index in [-0.39, 0.29) is 4.28 Å². The van der Waals surface area contributed by atoms with Gasteiger partial charge in [0, 0.05) is 4.28 Å². The monoisotopic (exact) mass is 418 g/mol. The van der Waals surface area contributed by atoms with Crippen molar-refractivity contribution in [3.8, 4) is 0 Å². The van der Waals surface area contributed by atoms with Crippen LogP contribution in [0.5, 0.6) is 0 Å². The molecule has 0 amide bonds. The fourth-order valence-electron chi connectivity index (χ4n) is 9.51. The van der Waals surface area contributed by atoms with Crippen LogP contribution >= 0.6 is 0 Å². The van der Waals surface area contributed by atoms with Gasteiger partial charge in [0.15, 0.2) is 0 Å². The molecule has 178 valence electrons. The number of hydrogen-bond acceptors (Lipinski definition) is 0. The third kappa shape index (κ3) is 3.75. The molecule has 4 aliphatic rings. The molecule has 3 fully saturated rings. The third-order valence-corrected chi connectivity index (χ3v) is 11.6. The first-order valence-corrected chi connectivity index (χ1v) is 13.9. The van der Waals surface area contributed by atoms with Crippen LogP contribution in [0.15, 0.2) is 11.6 Å². The van der Waals surface area contributed by atoms with E-state index in [1.807, 2.05) is 5.57 Å². The van der Waals surface area contributed by atoms with Crippen molar-refractivity contribution in [2.24, 2.45) is 58.2 Å². The first-order valence-electron chi connectivity index (χ1n) is 13.9. The minimum absolute atomic E-state index is 0. The van der Waals surface area contributed by atoms with Crippen LogP contribution in [0.3, 0.4) is 0 Å². The van der Waals surface area contributed by atoms with E-state index in [1.54, 1.807) is 0 Å². The van der Waals surface area contributed by atoms with Crippen LogP contribution in [0, 0.1) is 58.2 Å². The van der Waals surface area contributed by atoms with E-state index in [2.05, 4.69) is 54.5 Å². The summed E-state index contributed by atoms with van der Waals surface area (Å²) in [6, 6.07) is 0. The second-order valence-electron chi connectivity index (χ2n) is 13.3. The molecule has 4 rings (SSSR count). The van der Waals surface area contributed by atoms with Crippen molar-refractivity contribution in [2.45, 2.75) is 119 Å². The van der Waals surface area contributed by atoms with Gasteiger partial charge in [0.2, 0.25) is 0 Å². The van der Waals surface area contributed by atoms with Crippen molar-refractivity contribution in [3.63, 3.8) is 0 Å². The lowest BCUT2D eigenvalue weighted by Crippen LogP contribution is -2.50. The Bertz CT molecular complexity index is 642. The van der Waals surface area contributed by atoms with Gasteiger partial charge in [-0.05, 0) is 116 Å². The predicted octanol–water partition coefficient (Wildman–Crippen LogP) is 10.0. The third-order valence-electron chi connectivity index (χ3n) is 11.6. The van der Waals surface area contributed by atoms with E-state index in [1.165, 1.54) is 70.6 Å². The summed E-state index contributed by atoms with van der Waals surface area (Å²) in [5.74, 6) is 7.59. The van der Waals surface area contributed by atoms with Crippen molar-refractivity contribution in [1.29, 1.82) is 0 Å². The molecule has 0 bridgehead atoms. The normalized spacial score (nSPS) is 45.3. The average Bonchev–Trinajstić information content (AvgIpc) is 3.06. The smallest absolute Gasteiger partial charge is 0 e. The highest BCUT2D eigenvalue weighted by molar-refractivity contribution is 5.25. The molecule has 0 saturated heterocycles. The fraction of sp³-hybridized carbons (Fsp3) is 0.933. The van der Waals surface area contributed by atoms with Gasteiger partial charge in [-0.1, -0.05) is 73.0 Å². The molecular weight excluding hydrogens is 360 g/mol. The number of rotatable bonds is 6. The maximum absolute atomic E-state index is 2.76. The molecule has 0 spiro atoms. The van der Waals surface area contributed by atoms with Crippen LogP contribution in [-0.2, 0) is 0 Å². The molecule has 3 saturated carbocycles. The first-order chi connectivity index (χ1) is 14.2. The zero-order chi connectivity index (χ0) is 21.7. The molecule has 0 nitrogen and oxygen atoms in total. The Morgan fingerprint density at radius 2 is 1.77 bits per heavy atom. The van der Waals surface area contributed by atoms with Gasteiger partial charge in [-0.25, -0.2) is 0 Å². The Morgan fingerprint density at radius 1 is 1.00 bits per heavy atom. The molecule has 30 heavy (non-hydrogen) atoms. The highest BCUT2D eigenvalue weighted by Gasteiger charge is 2.58. The first kappa shape index (κ1) is 22.9. The van der Waals surface area contributed by atoms with E-state index < -0.39 is 0 Å². The van der Waals surface area contributed by atoms with Crippen LogP contribution in [0.4, 0.5) is 0 Å². The van der Waals surface area contributed by atoms with Gasteiger partial charge in [-0.15, -0.1) is 0 Å². The molecule has 0 radical (unpaired) electrons. The molecule has 0 heteroatoms. The number of hydrogen-bond donors (Lipinski definition) is 0. The molecule has 0 N–H and O–H groups in total. The van der Waals surface area contributed by atoms with Crippen LogP contribution in [0.1, 0.15) is 123 Å². The molecule has 0 aromatic heterocycles. The Balaban J connectivity index is 0.00000181. The predicted molar refractivity (Wildman–Crippen MR) is 138 cm³/mol. The van der Waals surface area contributed by atoms with Crippen LogP contribution < -0.4 is 0 Å². The standard InChI is InChI=1S/C30H52.3H2/c1-8-23(20(2)3)10-9-22(5)26-13-14-27-25-12-11-24-19-21(4)15-17-29(24,6)28(25)16-18-30(26,27)7;;;/h11,20-23,25-28H,8-10,12-19H2,1-7H3;3*1H/t21-,22+,23+,25-,26?,27?,28?,29-,30+;;;/m0.../s1. The lowest BCUT2D eigenvalue weighted by Gasteiger charge is -2.58. The van der Waals surface area contributed by atoms with Gasteiger partial charge < -0.3 is 0 Å². The lowest BCUT2D eigenvalue weighted by atomic mass is 9.46. The van der Waals surface area contributed by atoms with E-state index in [0.717, 1.165) is 47.3 Å². The van der Waals surface area contributed by atoms with E-state index in [4.69, 9.17) is 0 Å². The van der Waals surface area contributed by atoms with Crippen LogP contribution in [0.25, 0.3) is 0 Å². The van der Waals surface area contributed by atoms with Crippen molar-refractivity contribution >= 4 is 0 Å². The summed E-state index contributed by atoms with van der Waals surface area (Å²) in [6.07, 6.45) is 18.9. The molecule has 3 unspecified atom stereocenters. The largest absolute Gasteiger partial charge is 0.0845 e. The highest BCUT2D eigenvalue weighted by atomic mass is 14.6. The SMILES string of the molecule is CC[C@H](CC[C@@H](C)C1CCC2[C@@H]3CC=C4C[C@@H](C)CC[C@]4(C)C3CC[C@@]21C)C(C)C.[HH].[HH].[HH]. The van der Waals surface area contributed by atoms with Crippen LogP contribution in [-0.4, -0.2) is 0 Å². The van der Waals surface area contributed by atoms with Gasteiger partial charge in [0.05, 0.1) is 0 Å². The summed E-state index contributed by atoms with van der Waals surface area (Å²) in [5.41, 5.74) is 3.05. The fourth-order valence-corrected chi connectivity index (χ4v) is 9.51. The summed E-state index contributed by atoms with van der Waals surface area (Å²) in [5, 5.41) is 0. The molecule has 0 heterocycles. The zero-order valence-electron chi connectivity index (χ0n) is 21.5. The van der Waals surface area contributed by atoms with E-state index >= 15 is 0 Å².